The number of hydrogen-bond donors (Lipinski definition) is 0. The Morgan fingerprint density at radius 2 is 1.85 bits per heavy atom. The Morgan fingerprint density at radius 3 is 2.55 bits per heavy atom. The first kappa shape index (κ1) is 23.7. The molecule has 1 fully saturated rings. The average molecular weight is 481 g/mol. The second-order valence-electron chi connectivity index (χ2n) is 9.22. The second-order valence-corrected chi connectivity index (χ2v) is 10.6. The summed E-state index contributed by atoms with van der Waals surface area (Å²) in [7, 11) is 0. The van der Waals surface area contributed by atoms with Gasteiger partial charge in [0, 0.05) is 22.8 Å². The lowest BCUT2D eigenvalue weighted by Crippen LogP contribution is -2.45. The molecule has 0 aliphatic carbocycles. The number of imide groups is 1. The van der Waals surface area contributed by atoms with E-state index in [0.29, 0.717) is 9.93 Å². The number of carbonyl (C=O) groups is 2. The van der Waals surface area contributed by atoms with Gasteiger partial charge < -0.3 is 4.90 Å². The SMILES string of the molecule is CCCN1c2cc(C)c(/C=C3/SC(=O)N(Cc4ccccc4Cl)C3=O)cc2C(C)=CC1(C)C. The van der Waals surface area contributed by atoms with Crippen LogP contribution in [0, 0.1) is 6.92 Å². The number of rotatable bonds is 5. The topological polar surface area (TPSA) is 40.6 Å². The van der Waals surface area contributed by atoms with E-state index in [9.17, 15) is 9.59 Å². The van der Waals surface area contributed by atoms with Crippen LogP contribution in [-0.4, -0.2) is 28.1 Å². The molecule has 6 heteroatoms. The van der Waals surface area contributed by atoms with Crippen molar-refractivity contribution in [3.8, 4) is 0 Å². The first-order chi connectivity index (χ1) is 15.6. The zero-order valence-corrected chi connectivity index (χ0v) is 21.3. The molecule has 2 amide bonds. The molecule has 1 saturated heterocycles. The fourth-order valence-electron chi connectivity index (χ4n) is 4.61. The number of carbonyl (C=O) groups excluding carboxylic acids is 2. The Hall–Kier alpha value is -2.50. The van der Waals surface area contributed by atoms with Crippen molar-refractivity contribution in [3.05, 3.63) is 74.7 Å². The zero-order valence-electron chi connectivity index (χ0n) is 19.7. The lowest BCUT2D eigenvalue weighted by Gasteiger charge is -2.43. The molecule has 4 rings (SSSR count). The smallest absolute Gasteiger partial charge is 0.293 e. The predicted molar refractivity (Wildman–Crippen MR) is 140 cm³/mol. The van der Waals surface area contributed by atoms with Gasteiger partial charge in [-0.2, -0.15) is 0 Å². The minimum Gasteiger partial charge on any atom is -0.362 e. The number of thioether (sulfide) groups is 1. The van der Waals surface area contributed by atoms with Crippen LogP contribution in [0.15, 0.2) is 47.4 Å². The summed E-state index contributed by atoms with van der Waals surface area (Å²) < 4.78 is 0. The molecule has 172 valence electrons. The largest absolute Gasteiger partial charge is 0.362 e. The van der Waals surface area contributed by atoms with E-state index in [1.807, 2.05) is 24.3 Å². The van der Waals surface area contributed by atoms with Crippen LogP contribution in [0.2, 0.25) is 5.02 Å². The van der Waals surface area contributed by atoms with Gasteiger partial charge in [-0.3, -0.25) is 14.5 Å². The number of amides is 2. The van der Waals surface area contributed by atoms with Crippen molar-refractivity contribution < 1.29 is 9.59 Å². The minimum absolute atomic E-state index is 0.0532. The second kappa shape index (κ2) is 9.03. The van der Waals surface area contributed by atoms with E-state index >= 15 is 0 Å². The van der Waals surface area contributed by atoms with Gasteiger partial charge in [-0.1, -0.05) is 42.8 Å². The standard InChI is InChI=1S/C27H29ClN2O2S/c1-6-11-30-23-12-17(2)20(13-21(23)18(3)15-27(30,4)5)14-24-25(31)29(26(32)33-24)16-19-9-7-8-10-22(19)28/h7-10,12-15H,6,11,16H2,1-5H3/b24-14+. The van der Waals surface area contributed by atoms with Crippen LogP contribution in [0.4, 0.5) is 10.5 Å². The molecule has 0 radical (unpaired) electrons. The average Bonchev–Trinajstić information content (AvgIpc) is 3.00. The lowest BCUT2D eigenvalue weighted by molar-refractivity contribution is -0.123. The Kier molecular flexibility index (Phi) is 6.47. The highest BCUT2D eigenvalue weighted by Gasteiger charge is 2.36. The van der Waals surface area contributed by atoms with Crippen molar-refractivity contribution in [2.24, 2.45) is 0 Å². The summed E-state index contributed by atoms with van der Waals surface area (Å²) in [5.74, 6) is -0.275. The van der Waals surface area contributed by atoms with Crippen molar-refractivity contribution in [1.29, 1.82) is 0 Å². The number of hydrogen-bond acceptors (Lipinski definition) is 4. The van der Waals surface area contributed by atoms with Gasteiger partial charge in [0.2, 0.25) is 0 Å². The molecule has 2 aliphatic rings. The van der Waals surface area contributed by atoms with E-state index < -0.39 is 0 Å². The predicted octanol–water partition coefficient (Wildman–Crippen LogP) is 7.30. The number of fused-ring (bicyclic) bond motifs is 1. The third-order valence-corrected chi connectivity index (χ3v) is 7.54. The van der Waals surface area contributed by atoms with E-state index in [1.54, 1.807) is 6.07 Å². The molecule has 0 unspecified atom stereocenters. The van der Waals surface area contributed by atoms with Crippen LogP contribution in [-0.2, 0) is 11.3 Å². The van der Waals surface area contributed by atoms with Crippen LogP contribution in [0.25, 0.3) is 11.6 Å². The highest BCUT2D eigenvalue weighted by molar-refractivity contribution is 8.18. The first-order valence-electron chi connectivity index (χ1n) is 11.2. The van der Waals surface area contributed by atoms with Gasteiger partial charge in [-0.25, -0.2) is 0 Å². The summed E-state index contributed by atoms with van der Waals surface area (Å²) in [5.41, 5.74) is 6.37. The maximum atomic E-state index is 13.1. The Labute approximate surface area is 205 Å². The summed E-state index contributed by atoms with van der Waals surface area (Å²) in [4.78, 5) is 29.9. The van der Waals surface area contributed by atoms with E-state index in [0.717, 1.165) is 41.4 Å². The van der Waals surface area contributed by atoms with Gasteiger partial charge in [0.05, 0.1) is 17.0 Å². The van der Waals surface area contributed by atoms with Gasteiger partial charge in [0.15, 0.2) is 0 Å². The molecule has 0 atom stereocenters. The van der Waals surface area contributed by atoms with E-state index in [4.69, 9.17) is 11.6 Å². The van der Waals surface area contributed by atoms with Crippen molar-refractivity contribution in [1.82, 2.24) is 4.90 Å². The van der Waals surface area contributed by atoms with E-state index in [1.165, 1.54) is 21.7 Å². The van der Waals surface area contributed by atoms with Crippen LogP contribution >= 0.6 is 23.4 Å². The Bertz CT molecular complexity index is 1200. The number of allylic oxidation sites excluding steroid dienone is 1. The molecular formula is C27H29ClN2O2S. The van der Waals surface area contributed by atoms with Gasteiger partial charge in [-0.15, -0.1) is 0 Å². The lowest BCUT2D eigenvalue weighted by atomic mass is 9.86. The van der Waals surface area contributed by atoms with Crippen molar-refractivity contribution in [2.75, 3.05) is 11.4 Å². The molecule has 2 heterocycles. The molecule has 0 saturated carbocycles. The maximum absolute atomic E-state index is 13.1. The van der Waals surface area contributed by atoms with Crippen LogP contribution < -0.4 is 4.90 Å². The molecule has 2 aromatic carbocycles. The van der Waals surface area contributed by atoms with E-state index in [2.05, 4.69) is 57.7 Å². The third-order valence-electron chi connectivity index (χ3n) is 6.26. The van der Waals surface area contributed by atoms with Gasteiger partial charge >= 0.3 is 0 Å². The molecule has 0 N–H and O–H groups in total. The van der Waals surface area contributed by atoms with Crippen LogP contribution in [0.1, 0.15) is 56.4 Å². The quantitative estimate of drug-likeness (QED) is 0.421. The number of halogens is 1. The fourth-order valence-corrected chi connectivity index (χ4v) is 5.63. The van der Waals surface area contributed by atoms with E-state index in [-0.39, 0.29) is 23.2 Å². The van der Waals surface area contributed by atoms with Gasteiger partial charge in [0.25, 0.3) is 11.1 Å². The highest BCUT2D eigenvalue weighted by Crippen LogP contribution is 2.42. The number of anilines is 1. The molecule has 0 aromatic heterocycles. The molecule has 2 aromatic rings. The Morgan fingerprint density at radius 1 is 1.12 bits per heavy atom. The van der Waals surface area contributed by atoms with Crippen molar-refractivity contribution in [2.45, 2.75) is 53.1 Å². The van der Waals surface area contributed by atoms with Crippen LogP contribution in [0.3, 0.4) is 0 Å². The maximum Gasteiger partial charge on any atom is 0.293 e. The summed E-state index contributed by atoms with van der Waals surface area (Å²) in [5, 5.41) is 0.279. The highest BCUT2D eigenvalue weighted by atomic mass is 35.5. The number of aryl methyl sites for hydroxylation is 1. The van der Waals surface area contributed by atoms with Crippen LogP contribution in [0.5, 0.6) is 0 Å². The summed E-state index contributed by atoms with van der Waals surface area (Å²) in [6.45, 7) is 12.0. The van der Waals surface area contributed by atoms with Gasteiger partial charge in [0.1, 0.15) is 0 Å². The molecular weight excluding hydrogens is 452 g/mol. The third kappa shape index (κ3) is 4.49. The van der Waals surface area contributed by atoms with Crippen molar-refractivity contribution >= 4 is 51.8 Å². The molecule has 2 aliphatic heterocycles. The number of nitrogens with zero attached hydrogens (tertiary/aromatic N) is 2. The zero-order chi connectivity index (χ0) is 23.9. The number of benzene rings is 2. The molecule has 0 spiro atoms. The molecule has 0 bridgehead atoms. The first-order valence-corrected chi connectivity index (χ1v) is 12.4. The molecule has 4 nitrogen and oxygen atoms in total. The van der Waals surface area contributed by atoms with Gasteiger partial charge in [-0.05, 0) is 92.4 Å². The van der Waals surface area contributed by atoms with Crippen molar-refractivity contribution in [3.63, 3.8) is 0 Å². The normalized spacial score (nSPS) is 18.7. The summed E-state index contributed by atoms with van der Waals surface area (Å²) >= 11 is 7.23. The Balaban J connectivity index is 1.68. The monoisotopic (exact) mass is 480 g/mol. The minimum atomic E-state index is -0.275. The summed E-state index contributed by atoms with van der Waals surface area (Å²) in [6.07, 6.45) is 5.22. The molecule has 33 heavy (non-hydrogen) atoms. The summed E-state index contributed by atoms with van der Waals surface area (Å²) in [6, 6.07) is 11.6. The fraction of sp³-hybridized carbons (Fsp3) is 0.333.